The molecule has 3 aromatic heterocycles. The fourth-order valence-electron chi connectivity index (χ4n) is 3.08. The van der Waals surface area contributed by atoms with Gasteiger partial charge in [-0.2, -0.15) is 0 Å². The van der Waals surface area contributed by atoms with Gasteiger partial charge in [0.1, 0.15) is 16.9 Å². The largest absolute Gasteiger partial charge is 0.379 e. The van der Waals surface area contributed by atoms with Gasteiger partial charge in [0.15, 0.2) is 22.2 Å². The van der Waals surface area contributed by atoms with Crippen molar-refractivity contribution in [2.24, 2.45) is 0 Å². The first-order chi connectivity index (χ1) is 12.9. The fraction of sp³-hybridized carbons (Fsp3) is 0.412. The lowest BCUT2D eigenvalue weighted by Crippen LogP contribution is -2.48. The molecule has 0 saturated carbocycles. The zero-order valence-corrected chi connectivity index (χ0v) is 15.8. The summed E-state index contributed by atoms with van der Waals surface area (Å²) in [7, 11) is 0. The van der Waals surface area contributed by atoms with Crippen molar-refractivity contribution in [1.29, 1.82) is 0 Å². The topological polar surface area (TPSA) is 95.1 Å². The summed E-state index contributed by atoms with van der Waals surface area (Å²) in [5.74, 6) is -0.336. The molecule has 8 nitrogen and oxygen atoms in total. The van der Waals surface area contributed by atoms with Crippen LogP contribution in [0.15, 0.2) is 28.3 Å². The minimum atomic E-state index is -1.47. The number of pyridine rings is 1. The van der Waals surface area contributed by atoms with E-state index >= 15 is 0 Å². The van der Waals surface area contributed by atoms with E-state index in [9.17, 15) is 14.3 Å². The van der Waals surface area contributed by atoms with E-state index < -0.39 is 11.4 Å². The molecule has 3 aromatic rings. The van der Waals surface area contributed by atoms with Crippen molar-refractivity contribution in [3.63, 3.8) is 0 Å². The lowest BCUT2D eigenvalue weighted by Gasteiger charge is -2.35. The average Bonchev–Trinajstić information content (AvgIpc) is 2.92. The molecule has 1 aliphatic heterocycles. The molecule has 1 aliphatic rings. The Kier molecular flexibility index (Phi) is 4.28. The van der Waals surface area contributed by atoms with Crippen LogP contribution in [0.3, 0.4) is 0 Å². The van der Waals surface area contributed by atoms with Gasteiger partial charge in [-0.3, -0.25) is 4.79 Å². The second kappa shape index (κ2) is 6.39. The SMILES string of the molecule is CSc1ncc2c(=O)n(C(C)C)n(-c3ccc(F)c(C4(O)COC4)n3)c2n1. The number of nitrogens with zero attached hydrogens (tertiary/aromatic N) is 5. The predicted molar refractivity (Wildman–Crippen MR) is 97.8 cm³/mol. The van der Waals surface area contributed by atoms with Crippen LogP contribution in [0.25, 0.3) is 16.9 Å². The van der Waals surface area contributed by atoms with Crippen LogP contribution < -0.4 is 5.56 Å². The lowest BCUT2D eigenvalue weighted by atomic mass is 9.97. The van der Waals surface area contributed by atoms with E-state index in [1.54, 1.807) is 4.68 Å². The van der Waals surface area contributed by atoms with Gasteiger partial charge in [0.2, 0.25) is 0 Å². The van der Waals surface area contributed by atoms with Gasteiger partial charge in [0, 0.05) is 12.2 Å². The molecule has 1 fully saturated rings. The van der Waals surface area contributed by atoms with Gasteiger partial charge < -0.3 is 9.84 Å². The number of halogens is 1. The Morgan fingerprint density at radius 3 is 2.67 bits per heavy atom. The standard InChI is InChI=1S/C17H18FN5O3S/c1-9(2)22-15(24)10-6-19-16(27-3)21-14(10)23(22)12-5-4-11(18)13(20-12)17(25)7-26-8-17/h4-6,9,25H,7-8H2,1-3H3. The maximum atomic E-state index is 14.3. The molecule has 4 rings (SSSR count). The highest BCUT2D eigenvalue weighted by Gasteiger charge is 2.42. The summed E-state index contributed by atoms with van der Waals surface area (Å²) in [6, 6.07) is 2.49. The first-order valence-corrected chi connectivity index (χ1v) is 9.60. The summed E-state index contributed by atoms with van der Waals surface area (Å²) in [5, 5.41) is 11.3. The molecular weight excluding hydrogens is 373 g/mol. The summed E-state index contributed by atoms with van der Waals surface area (Å²) in [4.78, 5) is 25.8. The Labute approximate surface area is 158 Å². The minimum absolute atomic E-state index is 0.0252. The monoisotopic (exact) mass is 391 g/mol. The summed E-state index contributed by atoms with van der Waals surface area (Å²) in [6.07, 6.45) is 3.33. The van der Waals surface area contributed by atoms with Gasteiger partial charge in [-0.15, -0.1) is 0 Å². The second-order valence-corrected chi connectivity index (χ2v) is 7.45. The lowest BCUT2D eigenvalue weighted by molar-refractivity contribution is -0.188. The zero-order valence-electron chi connectivity index (χ0n) is 15.0. The molecule has 0 radical (unpaired) electrons. The number of hydrogen-bond acceptors (Lipinski definition) is 7. The third-order valence-electron chi connectivity index (χ3n) is 4.44. The van der Waals surface area contributed by atoms with Crippen LogP contribution in [0, 0.1) is 5.82 Å². The Bertz CT molecular complexity index is 1090. The van der Waals surface area contributed by atoms with Crippen molar-refractivity contribution in [3.8, 4) is 5.82 Å². The van der Waals surface area contributed by atoms with E-state index in [4.69, 9.17) is 4.74 Å². The highest BCUT2D eigenvalue weighted by Crippen LogP contribution is 2.31. The molecule has 0 spiro atoms. The molecule has 0 aromatic carbocycles. The van der Waals surface area contributed by atoms with Crippen LogP contribution in [0.5, 0.6) is 0 Å². The van der Waals surface area contributed by atoms with Crippen molar-refractivity contribution in [3.05, 3.63) is 40.2 Å². The van der Waals surface area contributed by atoms with Gasteiger partial charge >= 0.3 is 0 Å². The molecule has 0 atom stereocenters. The number of rotatable bonds is 4. The van der Waals surface area contributed by atoms with E-state index in [-0.39, 0.29) is 30.5 Å². The van der Waals surface area contributed by atoms with Gasteiger partial charge in [-0.25, -0.2) is 28.7 Å². The first-order valence-electron chi connectivity index (χ1n) is 8.37. The molecule has 1 N–H and O–H groups in total. The summed E-state index contributed by atoms with van der Waals surface area (Å²) in [6.45, 7) is 3.67. The predicted octanol–water partition coefficient (Wildman–Crippen LogP) is 1.64. The molecule has 0 aliphatic carbocycles. The average molecular weight is 391 g/mol. The molecule has 27 heavy (non-hydrogen) atoms. The number of aliphatic hydroxyl groups is 1. The first kappa shape index (κ1) is 18.1. The molecule has 10 heteroatoms. The van der Waals surface area contributed by atoms with Crippen LogP contribution in [-0.2, 0) is 10.3 Å². The van der Waals surface area contributed by atoms with Crippen molar-refractivity contribution < 1.29 is 14.2 Å². The summed E-state index contributed by atoms with van der Waals surface area (Å²) in [5.41, 5.74) is -1.44. The Morgan fingerprint density at radius 2 is 2.07 bits per heavy atom. The highest BCUT2D eigenvalue weighted by atomic mass is 32.2. The van der Waals surface area contributed by atoms with Crippen molar-refractivity contribution >= 4 is 22.8 Å². The van der Waals surface area contributed by atoms with Gasteiger partial charge in [-0.1, -0.05) is 11.8 Å². The molecular formula is C17H18FN5O3S. The minimum Gasteiger partial charge on any atom is -0.379 e. The van der Waals surface area contributed by atoms with Crippen molar-refractivity contribution in [2.45, 2.75) is 30.6 Å². The van der Waals surface area contributed by atoms with Gasteiger partial charge in [0.25, 0.3) is 5.56 Å². The van der Waals surface area contributed by atoms with Crippen LogP contribution in [-0.4, -0.2) is 48.9 Å². The molecule has 0 unspecified atom stereocenters. The van der Waals surface area contributed by atoms with E-state index in [1.165, 1.54) is 34.8 Å². The fourth-order valence-corrected chi connectivity index (χ4v) is 3.41. The van der Waals surface area contributed by atoms with Crippen LogP contribution >= 0.6 is 11.8 Å². The maximum absolute atomic E-state index is 14.3. The number of hydrogen-bond donors (Lipinski definition) is 1. The van der Waals surface area contributed by atoms with E-state index in [0.29, 0.717) is 22.0 Å². The maximum Gasteiger partial charge on any atom is 0.278 e. The molecule has 0 bridgehead atoms. The zero-order chi connectivity index (χ0) is 19.3. The number of ether oxygens (including phenoxy) is 1. The molecule has 142 valence electrons. The molecule has 0 amide bonds. The van der Waals surface area contributed by atoms with E-state index in [1.807, 2.05) is 20.1 Å². The Hall–Kier alpha value is -2.30. The smallest absolute Gasteiger partial charge is 0.278 e. The third-order valence-corrected chi connectivity index (χ3v) is 5.01. The highest BCUT2D eigenvalue weighted by molar-refractivity contribution is 7.98. The Morgan fingerprint density at radius 1 is 1.33 bits per heavy atom. The van der Waals surface area contributed by atoms with E-state index in [0.717, 1.165) is 0 Å². The normalized spacial score (nSPS) is 16.1. The molecule has 1 saturated heterocycles. The van der Waals surface area contributed by atoms with Gasteiger partial charge in [0.05, 0.1) is 13.2 Å². The van der Waals surface area contributed by atoms with E-state index in [2.05, 4.69) is 15.0 Å². The number of thioether (sulfide) groups is 1. The molecule has 4 heterocycles. The number of aromatic nitrogens is 5. The van der Waals surface area contributed by atoms with Gasteiger partial charge in [-0.05, 0) is 32.2 Å². The van der Waals surface area contributed by atoms with Crippen molar-refractivity contribution in [1.82, 2.24) is 24.3 Å². The summed E-state index contributed by atoms with van der Waals surface area (Å²) >= 11 is 1.35. The van der Waals surface area contributed by atoms with Crippen molar-refractivity contribution in [2.75, 3.05) is 19.5 Å². The summed E-state index contributed by atoms with van der Waals surface area (Å²) < 4.78 is 22.4. The number of fused-ring (bicyclic) bond motifs is 1. The quantitative estimate of drug-likeness (QED) is 0.534. The second-order valence-electron chi connectivity index (χ2n) is 6.67. The Balaban J connectivity index is 2.02. The third kappa shape index (κ3) is 2.75. The van der Waals surface area contributed by atoms with Crippen LogP contribution in [0.1, 0.15) is 25.6 Å². The van der Waals surface area contributed by atoms with Crippen LogP contribution in [0.4, 0.5) is 4.39 Å². The van der Waals surface area contributed by atoms with Crippen LogP contribution in [0.2, 0.25) is 0 Å².